The molecule has 0 amide bonds. The predicted octanol–water partition coefficient (Wildman–Crippen LogP) is 8.93. The van der Waals surface area contributed by atoms with Gasteiger partial charge in [-0.15, -0.1) is 0 Å². The van der Waals surface area contributed by atoms with Crippen molar-refractivity contribution >= 4 is 0 Å². The van der Waals surface area contributed by atoms with Crippen LogP contribution in [0.5, 0.6) is 23.0 Å². The van der Waals surface area contributed by atoms with Crippen LogP contribution in [-0.4, -0.2) is 56.5 Å². The molecule has 6 aliphatic heterocycles. The monoisotopic (exact) mass is 768 g/mol. The van der Waals surface area contributed by atoms with E-state index in [1.807, 2.05) is 24.3 Å². The first kappa shape index (κ1) is 36.3. The minimum absolute atomic E-state index is 0.0218. The van der Waals surface area contributed by atoms with E-state index in [4.69, 9.17) is 37.9 Å². The number of rotatable bonds is 2. The summed E-state index contributed by atoms with van der Waals surface area (Å²) in [6, 6.07) is 12.1. The van der Waals surface area contributed by atoms with E-state index in [2.05, 4.69) is 45.9 Å². The summed E-state index contributed by atoms with van der Waals surface area (Å²) in [7, 11) is 0. The molecule has 10 aliphatic rings. The lowest BCUT2D eigenvalue weighted by Crippen LogP contribution is -2.50. The molecule has 3 saturated carbocycles. The maximum atomic E-state index is 10.3. The Labute approximate surface area is 331 Å². The van der Waals surface area contributed by atoms with Gasteiger partial charge < -0.3 is 43.0 Å². The van der Waals surface area contributed by atoms with Gasteiger partial charge in [0.1, 0.15) is 0 Å². The Morgan fingerprint density at radius 2 is 1.38 bits per heavy atom. The van der Waals surface area contributed by atoms with Gasteiger partial charge in [-0.25, -0.2) is 0 Å². The zero-order valence-corrected chi connectivity index (χ0v) is 33.6. The lowest BCUT2D eigenvalue weighted by Gasteiger charge is -2.57. The summed E-state index contributed by atoms with van der Waals surface area (Å²) in [5, 5.41) is 10.3. The van der Waals surface area contributed by atoms with Gasteiger partial charge >= 0.3 is 0 Å². The number of hydrogen-bond donors (Lipinski definition) is 1. The van der Waals surface area contributed by atoms with Crippen LogP contribution in [0.1, 0.15) is 109 Å². The Balaban J connectivity index is 0.000000131. The van der Waals surface area contributed by atoms with Crippen molar-refractivity contribution in [2.75, 3.05) is 33.4 Å². The number of hydrogen-bond acceptors (Lipinski definition) is 9. The molecule has 2 aromatic carbocycles. The van der Waals surface area contributed by atoms with Gasteiger partial charge in [-0.05, 0) is 127 Å². The van der Waals surface area contributed by atoms with Crippen LogP contribution in [0.3, 0.4) is 0 Å². The van der Waals surface area contributed by atoms with Crippen molar-refractivity contribution in [2.45, 2.75) is 116 Å². The fourth-order valence-electron chi connectivity index (χ4n) is 13.9. The smallest absolute Gasteiger partial charge is 0.231 e. The quantitative estimate of drug-likeness (QED) is 0.301. The maximum absolute atomic E-state index is 10.3. The summed E-state index contributed by atoms with van der Waals surface area (Å²) in [5.41, 5.74) is 4.70. The second-order valence-electron chi connectivity index (χ2n) is 19.7. The zero-order chi connectivity index (χ0) is 38.0. The molecular weight excluding hydrogens is 709 g/mol. The third-order valence-corrected chi connectivity index (χ3v) is 17.0. The SMILES string of the molecule is CC1CCC2(OC1)OC1CC3C4CCC5CC(O)CCC5(C)C4=CCC3(C)C1C2C.c1cc2c(cc1C1OCC3C(c4ccc5c(c4)OCO5)OCC13)OCO2. The van der Waals surface area contributed by atoms with E-state index in [1.54, 1.807) is 5.57 Å². The summed E-state index contributed by atoms with van der Waals surface area (Å²) in [6.45, 7) is 12.7. The van der Waals surface area contributed by atoms with E-state index in [1.165, 1.54) is 38.5 Å². The Hall–Kier alpha value is -2.82. The topological polar surface area (TPSA) is 94.1 Å². The van der Waals surface area contributed by atoms with Crippen LogP contribution in [0.4, 0.5) is 0 Å². The average Bonchev–Trinajstić information content (AvgIpc) is 4.05. The normalized spacial score (nSPS) is 46.3. The molecule has 4 saturated heterocycles. The highest BCUT2D eigenvalue weighted by Crippen LogP contribution is 2.70. The van der Waals surface area contributed by atoms with Crippen molar-refractivity contribution in [3.8, 4) is 23.0 Å². The fraction of sp³-hybridized carbons (Fsp3) is 0.702. The molecule has 0 aromatic heterocycles. The van der Waals surface area contributed by atoms with Crippen LogP contribution >= 0.6 is 0 Å². The molecule has 0 radical (unpaired) electrons. The third kappa shape index (κ3) is 5.49. The van der Waals surface area contributed by atoms with Gasteiger partial charge in [0, 0.05) is 24.2 Å². The van der Waals surface area contributed by atoms with Gasteiger partial charge in [0.15, 0.2) is 28.8 Å². The molecule has 15 unspecified atom stereocenters. The maximum Gasteiger partial charge on any atom is 0.231 e. The molecule has 1 N–H and O–H groups in total. The molecule has 9 heteroatoms. The van der Waals surface area contributed by atoms with Gasteiger partial charge in [0.05, 0.1) is 44.2 Å². The van der Waals surface area contributed by atoms with Gasteiger partial charge in [-0.3, -0.25) is 0 Å². The molecule has 2 aromatic rings. The van der Waals surface area contributed by atoms with E-state index in [0.29, 0.717) is 65.7 Å². The largest absolute Gasteiger partial charge is 0.454 e. The molecule has 6 heterocycles. The lowest BCUT2D eigenvalue weighted by atomic mass is 9.48. The molecule has 4 aliphatic carbocycles. The highest BCUT2D eigenvalue weighted by atomic mass is 16.7. The molecule has 12 rings (SSSR count). The number of fused-ring (bicyclic) bond motifs is 10. The minimum Gasteiger partial charge on any atom is -0.454 e. The summed E-state index contributed by atoms with van der Waals surface area (Å²) in [5.74, 6) is 7.51. The number of benzene rings is 2. The van der Waals surface area contributed by atoms with Crippen molar-refractivity contribution in [1.29, 1.82) is 0 Å². The van der Waals surface area contributed by atoms with Crippen LogP contribution in [0.15, 0.2) is 48.0 Å². The van der Waals surface area contributed by atoms with Crippen LogP contribution in [-0.2, 0) is 18.9 Å². The van der Waals surface area contributed by atoms with Crippen LogP contribution < -0.4 is 18.9 Å². The molecule has 1 spiro atoms. The van der Waals surface area contributed by atoms with Crippen LogP contribution in [0.25, 0.3) is 0 Å². The van der Waals surface area contributed by atoms with Crippen LogP contribution in [0.2, 0.25) is 0 Å². The number of ether oxygens (including phenoxy) is 8. The molecule has 0 bridgehead atoms. The highest BCUT2D eigenvalue weighted by molar-refractivity contribution is 5.47. The van der Waals surface area contributed by atoms with Gasteiger partial charge in [0.25, 0.3) is 0 Å². The Kier molecular flexibility index (Phi) is 8.65. The summed E-state index contributed by atoms with van der Waals surface area (Å²) in [4.78, 5) is 0. The van der Waals surface area contributed by atoms with Gasteiger partial charge in [0.2, 0.25) is 13.6 Å². The second kappa shape index (κ2) is 13.4. The summed E-state index contributed by atoms with van der Waals surface area (Å²) >= 11 is 0. The predicted molar refractivity (Wildman–Crippen MR) is 207 cm³/mol. The van der Waals surface area contributed by atoms with Crippen molar-refractivity contribution in [1.82, 2.24) is 0 Å². The molecule has 7 fully saturated rings. The van der Waals surface area contributed by atoms with Gasteiger partial charge in [-0.2, -0.15) is 0 Å². The van der Waals surface area contributed by atoms with E-state index in [-0.39, 0.29) is 37.7 Å². The summed E-state index contributed by atoms with van der Waals surface area (Å²) in [6.07, 6.45) is 13.6. The molecule has 15 atom stereocenters. The first-order valence-corrected chi connectivity index (χ1v) is 21.9. The zero-order valence-electron chi connectivity index (χ0n) is 33.6. The van der Waals surface area contributed by atoms with Gasteiger partial charge in [-0.1, -0.05) is 51.5 Å². The third-order valence-electron chi connectivity index (χ3n) is 17.0. The molecule has 302 valence electrons. The van der Waals surface area contributed by atoms with Crippen molar-refractivity contribution in [2.24, 2.45) is 58.2 Å². The number of aliphatic hydroxyl groups is 1. The molecule has 56 heavy (non-hydrogen) atoms. The standard InChI is InChI=1S/C27H42O3.C20H18O6/c1-16-7-12-27(29-15-16)17(2)24-23(30-27)14-22-20-6-5-18-13-19(28)8-10-25(18,3)21(20)9-11-26(22,24)4;1-3-15-17(25-9-23-15)5-11(1)19-13-7-22-20(14(13)8-21-19)12-2-4-16-18(6-12)26-10-24-16/h9,16-20,22-24,28H,5-8,10-15H2,1-4H3;1-6,13-14,19-20H,7-10H2. The highest BCUT2D eigenvalue weighted by Gasteiger charge is 2.68. The van der Waals surface area contributed by atoms with Crippen molar-refractivity contribution in [3.63, 3.8) is 0 Å². The average molecular weight is 769 g/mol. The number of aliphatic hydroxyl groups excluding tert-OH is 1. The van der Waals surface area contributed by atoms with Crippen LogP contribution in [0, 0.1) is 58.2 Å². The van der Waals surface area contributed by atoms with E-state index in [0.717, 1.165) is 71.8 Å². The molecule has 9 nitrogen and oxygen atoms in total. The van der Waals surface area contributed by atoms with E-state index in [9.17, 15) is 5.11 Å². The minimum atomic E-state index is -0.303. The Morgan fingerprint density at radius 1 is 0.714 bits per heavy atom. The van der Waals surface area contributed by atoms with E-state index >= 15 is 0 Å². The van der Waals surface area contributed by atoms with Crippen molar-refractivity contribution < 1.29 is 43.0 Å². The number of allylic oxidation sites excluding steroid dienone is 2. The van der Waals surface area contributed by atoms with Crippen molar-refractivity contribution in [3.05, 3.63) is 59.2 Å². The van der Waals surface area contributed by atoms with E-state index < -0.39 is 0 Å². The Morgan fingerprint density at radius 3 is 2.02 bits per heavy atom. The first-order chi connectivity index (χ1) is 27.1. The lowest BCUT2D eigenvalue weighted by molar-refractivity contribution is -0.272. The second-order valence-corrected chi connectivity index (χ2v) is 19.7. The Bertz CT molecular complexity index is 1800. The summed E-state index contributed by atoms with van der Waals surface area (Å²) < 4.78 is 47.5. The molecular formula is C47H60O9. The fourth-order valence-corrected chi connectivity index (χ4v) is 13.9. The first-order valence-electron chi connectivity index (χ1n) is 21.9.